The monoisotopic (exact) mass is 301 g/mol. The lowest BCUT2D eigenvalue weighted by Gasteiger charge is -2.26. The number of carbonyl (C=O) groups is 1. The Hall–Kier alpha value is -2.18. The Morgan fingerprint density at radius 1 is 1.27 bits per heavy atom. The van der Waals surface area contributed by atoms with Crippen molar-refractivity contribution in [1.82, 2.24) is 15.2 Å². The van der Waals surface area contributed by atoms with Crippen molar-refractivity contribution in [2.24, 2.45) is 0 Å². The Labute approximate surface area is 128 Å². The fourth-order valence-electron chi connectivity index (χ4n) is 2.58. The van der Waals surface area contributed by atoms with Gasteiger partial charge in [0.2, 0.25) is 0 Å². The molecule has 1 aromatic carbocycles. The van der Waals surface area contributed by atoms with Gasteiger partial charge in [-0.3, -0.25) is 14.5 Å². The molecule has 1 amide bonds. The van der Waals surface area contributed by atoms with Crippen LogP contribution in [0.2, 0.25) is 0 Å². The summed E-state index contributed by atoms with van der Waals surface area (Å²) < 4.78 is 5.28. The number of nitrogens with zero attached hydrogens (tertiary/aromatic N) is 1. The highest BCUT2D eigenvalue weighted by molar-refractivity contribution is 5.96. The second kappa shape index (κ2) is 6.72. The van der Waals surface area contributed by atoms with Crippen LogP contribution in [0, 0.1) is 0 Å². The van der Waals surface area contributed by atoms with Crippen LogP contribution < -0.4 is 10.9 Å². The molecule has 6 heteroatoms. The number of carbonyl (C=O) groups excluding carboxylic acids is 1. The predicted octanol–water partition coefficient (Wildman–Crippen LogP) is 0.590. The van der Waals surface area contributed by atoms with Crippen LogP contribution in [0.3, 0.4) is 0 Å². The van der Waals surface area contributed by atoms with E-state index in [0.717, 1.165) is 38.2 Å². The number of amides is 1. The number of ether oxygens (including phenoxy) is 1. The van der Waals surface area contributed by atoms with Gasteiger partial charge in [-0.15, -0.1) is 0 Å². The molecule has 0 saturated carbocycles. The van der Waals surface area contributed by atoms with Crippen LogP contribution in [0.5, 0.6) is 0 Å². The molecule has 1 aliphatic heterocycles. The number of rotatable bonds is 4. The van der Waals surface area contributed by atoms with Gasteiger partial charge in [-0.05, 0) is 17.5 Å². The first-order valence-corrected chi connectivity index (χ1v) is 7.44. The van der Waals surface area contributed by atoms with Gasteiger partial charge >= 0.3 is 0 Å². The van der Waals surface area contributed by atoms with Crippen molar-refractivity contribution < 1.29 is 9.53 Å². The fourth-order valence-corrected chi connectivity index (χ4v) is 2.58. The molecule has 0 aliphatic carbocycles. The van der Waals surface area contributed by atoms with E-state index in [4.69, 9.17) is 4.74 Å². The summed E-state index contributed by atoms with van der Waals surface area (Å²) in [6.45, 7) is 4.60. The molecule has 1 saturated heterocycles. The number of morpholine rings is 1. The number of aromatic nitrogens is 1. The standard InChI is InChI=1S/C16H19N3O3/c20-15-13-4-2-1-3-12(13)11-14(18-15)16(21)17-5-6-19-7-9-22-10-8-19/h1-4,11H,5-10H2,(H,17,21)(H,18,20). The third kappa shape index (κ3) is 3.35. The molecule has 0 spiro atoms. The average molecular weight is 301 g/mol. The average Bonchev–Trinajstić information content (AvgIpc) is 2.56. The zero-order valence-corrected chi connectivity index (χ0v) is 12.3. The molecule has 6 nitrogen and oxygen atoms in total. The molecule has 22 heavy (non-hydrogen) atoms. The zero-order chi connectivity index (χ0) is 15.4. The highest BCUT2D eigenvalue weighted by atomic mass is 16.5. The Kier molecular flexibility index (Phi) is 4.50. The van der Waals surface area contributed by atoms with Gasteiger partial charge in [0, 0.05) is 31.6 Å². The highest BCUT2D eigenvalue weighted by Crippen LogP contribution is 2.09. The van der Waals surface area contributed by atoms with Gasteiger partial charge in [0.25, 0.3) is 11.5 Å². The molecule has 2 N–H and O–H groups in total. The molecule has 1 aromatic heterocycles. The highest BCUT2D eigenvalue weighted by Gasteiger charge is 2.12. The quantitative estimate of drug-likeness (QED) is 0.867. The molecule has 116 valence electrons. The minimum absolute atomic E-state index is 0.239. The summed E-state index contributed by atoms with van der Waals surface area (Å²) in [5.41, 5.74) is 0.0575. The maximum Gasteiger partial charge on any atom is 0.267 e. The van der Waals surface area contributed by atoms with Gasteiger partial charge in [0.1, 0.15) is 5.69 Å². The molecule has 0 unspecified atom stereocenters. The molecule has 3 rings (SSSR count). The van der Waals surface area contributed by atoms with Gasteiger partial charge in [0.15, 0.2) is 0 Å². The zero-order valence-electron chi connectivity index (χ0n) is 12.3. The molecule has 0 atom stereocenters. The number of pyridine rings is 1. The Morgan fingerprint density at radius 2 is 2.05 bits per heavy atom. The SMILES string of the molecule is O=C(NCCN1CCOCC1)c1cc2ccccc2c(=O)[nH]1. The van der Waals surface area contributed by atoms with E-state index in [-0.39, 0.29) is 11.5 Å². The fraction of sp³-hybridized carbons (Fsp3) is 0.375. The number of hydrogen-bond donors (Lipinski definition) is 2. The Bertz CT molecular complexity index is 720. The van der Waals surface area contributed by atoms with E-state index in [2.05, 4.69) is 15.2 Å². The van der Waals surface area contributed by atoms with E-state index in [1.807, 2.05) is 12.1 Å². The van der Waals surface area contributed by atoms with Crippen LogP contribution in [0.25, 0.3) is 10.8 Å². The lowest BCUT2D eigenvalue weighted by atomic mass is 10.1. The van der Waals surface area contributed by atoms with Crippen molar-refractivity contribution in [2.45, 2.75) is 0 Å². The smallest absolute Gasteiger partial charge is 0.267 e. The Morgan fingerprint density at radius 3 is 2.86 bits per heavy atom. The van der Waals surface area contributed by atoms with E-state index >= 15 is 0 Å². The summed E-state index contributed by atoms with van der Waals surface area (Å²) in [5.74, 6) is -0.254. The number of H-pyrrole nitrogens is 1. The summed E-state index contributed by atoms with van der Waals surface area (Å²) in [5, 5.41) is 4.20. The summed E-state index contributed by atoms with van der Waals surface area (Å²) in [4.78, 5) is 29.0. The predicted molar refractivity (Wildman–Crippen MR) is 84.2 cm³/mol. The largest absolute Gasteiger partial charge is 0.379 e. The van der Waals surface area contributed by atoms with Gasteiger partial charge in [0.05, 0.1) is 13.2 Å². The third-order valence-corrected chi connectivity index (χ3v) is 3.82. The van der Waals surface area contributed by atoms with Crippen LogP contribution in [0.1, 0.15) is 10.5 Å². The second-order valence-corrected chi connectivity index (χ2v) is 5.31. The molecule has 0 radical (unpaired) electrons. The van der Waals surface area contributed by atoms with E-state index < -0.39 is 0 Å². The lowest BCUT2D eigenvalue weighted by molar-refractivity contribution is 0.0383. The maximum absolute atomic E-state index is 12.2. The maximum atomic E-state index is 12.2. The first-order valence-electron chi connectivity index (χ1n) is 7.44. The lowest BCUT2D eigenvalue weighted by Crippen LogP contribution is -2.41. The Balaban J connectivity index is 1.63. The normalized spacial score (nSPS) is 15.8. The molecule has 1 aliphatic rings. The number of fused-ring (bicyclic) bond motifs is 1. The first-order chi connectivity index (χ1) is 10.7. The van der Waals surface area contributed by atoms with Gasteiger partial charge in [-0.2, -0.15) is 0 Å². The van der Waals surface area contributed by atoms with E-state index in [1.165, 1.54) is 0 Å². The van der Waals surface area contributed by atoms with Crippen molar-refractivity contribution in [3.8, 4) is 0 Å². The minimum Gasteiger partial charge on any atom is -0.379 e. The number of aromatic amines is 1. The van der Waals surface area contributed by atoms with E-state index in [1.54, 1.807) is 18.2 Å². The summed E-state index contributed by atoms with van der Waals surface area (Å²) in [6.07, 6.45) is 0. The van der Waals surface area contributed by atoms with Gasteiger partial charge in [-0.1, -0.05) is 18.2 Å². The summed E-state index contributed by atoms with van der Waals surface area (Å²) in [7, 11) is 0. The molecule has 1 fully saturated rings. The second-order valence-electron chi connectivity index (χ2n) is 5.31. The van der Waals surface area contributed by atoms with Gasteiger partial charge < -0.3 is 15.0 Å². The molecular formula is C16H19N3O3. The van der Waals surface area contributed by atoms with Crippen LogP contribution in [-0.4, -0.2) is 55.2 Å². The number of benzene rings is 1. The third-order valence-electron chi connectivity index (χ3n) is 3.82. The van der Waals surface area contributed by atoms with E-state index in [0.29, 0.717) is 17.6 Å². The van der Waals surface area contributed by atoms with Crippen LogP contribution >= 0.6 is 0 Å². The number of nitrogens with one attached hydrogen (secondary N) is 2. The summed E-state index contributed by atoms with van der Waals surface area (Å²) in [6, 6.07) is 8.94. The van der Waals surface area contributed by atoms with E-state index in [9.17, 15) is 9.59 Å². The van der Waals surface area contributed by atoms with Crippen LogP contribution in [0.15, 0.2) is 35.1 Å². The van der Waals surface area contributed by atoms with Crippen molar-refractivity contribution in [3.63, 3.8) is 0 Å². The van der Waals surface area contributed by atoms with Crippen molar-refractivity contribution in [3.05, 3.63) is 46.4 Å². The number of hydrogen-bond acceptors (Lipinski definition) is 4. The van der Waals surface area contributed by atoms with Gasteiger partial charge in [-0.25, -0.2) is 0 Å². The van der Waals surface area contributed by atoms with Crippen LogP contribution in [-0.2, 0) is 4.74 Å². The molecule has 0 bridgehead atoms. The first kappa shape index (κ1) is 14.7. The van der Waals surface area contributed by atoms with Crippen molar-refractivity contribution in [2.75, 3.05) is 39.4 Å². The van der Waals surface area contributed by atoms with Crippen molar-refractivity contribution in [1.29, 1.82) is 0 Å². The molecular weight excluding hydrogens is 282 g/mol. The molecule has 2 heterocycles. The van der Waals surface area contributed by atoms with Crippen LogP contribution in [0.4, 0.5) is 0 Å². The topological polar surface area (TPSA) is 74.4 Å². The van der Waals surface area contributed by atoms with Crippen molar-refractivity contribution >= 4 is 16.7 Å². The summed E-state index contributed by atoms with van der Waals surface area (Å²) >= 11 is 0. The minimum atomic E-state index is -0.254. The molecule has 2 aromatic rings.